The lowest BCUT2D eigenvalue weighted by atomic mass is 9.99. The fourth-order valence-corrected chi connectivity index (χ4v) is 2.11. The van der Waals surface area contributed by atoms with Gasteiger partial charge in [-0.05, 0) is 26.3 Å². The summed E-state index contributed by atoms with van der Waals surface area (Å²) in [4.78, 5) is 15.0. The van der Waals surface area contributed by atoms with E-state index in [1.54, 1.807) is 6.07 Å². The highest BCUT2D eigenvalue weighted by Crippen LogP contribution is 2.49. The van der Waals surface area contributed by atoms with Crippen LogP contribution < -0.4 is 0 Å². The second-order valence-corrected chi connectivity index (χ2v) is 6.03. The molecule has 0 aliphatic carbocycles. The van der Waals surface area contributed by atoms with E-state index in [-0.39, 0.29) is 11.3 Å². The molecule has 1 aromatic carbocycles. The highest BCUT2D eigenvalue weighted by molar-refractivity contribution is 5.98. The van der Waals surface area contributed by atoms with E-state index in [9.17, 15) is 35.5 Å². The zero-order chi connectivity index (χ0) is 21.0. The Bertz CT molecular complexity index is 670. The number of esters is 1. The fourth-order valence-electron chi connectivity index (χ4n) is 2.11. The number of carbonyl (C=O) groups excluding carboxylic acids is 1. The molecule has 27 heavy (non-hydrogen) atoms. The first-order chi connectivity index (χ1) is 12.2. The molecule has 1 atom stereocenters. The van der Waals surface area contributed by atoms with E-state index in [1.807, 2.05) is 0 Å². The van der Waals surface area contributed by atoms with Crippen LogP contribution in [-0.2, 0) is 9.53 Å². The van der Waals surface area contributed by atoms with Gasteiger partial charge in [0, 0.05) is 5.71 Å². The summed E-state index contributed by atoms with van der Waals surface area (Å²) < 4.78 is 97.3. The first-order valence-corrected chi connectivity index (χ1v) is 7.81. The molecule has 0 unspecified atom stereocenters. The Morgan fingerprint density at radius 1 is 1.04 bits per heavy atom. The minimum Gasteiger partial charge on any atom is -0.463 e. The van der Waals surface area contributed by atoms with Gasteiger partial charge in [-0.1, -0.05) is 30.3 Å². The number of aliphatic imine (C=N–C) groups is 1. The van der Waals surface area contributed by atoms with Crippen molar-refractivity contribution >= 4 is 11.7 Å². The largest absolute Gasteiger partial charge is 0.463 e. The van der Waals surface area contributed by atoms with Gasteiger partial charge in [0.05, 0.1) is 12.5 Å². The van der Waals surface area contributed by atoms with Crippen LogP contribution in [0.4, 0.5) is 30.7 Å². The number of hydrogen-bond donors (Lipinski definition) is 0. The van der Waals surface area contributed by atoms with Crippen molar-refractivity contribution in [2.24, 2.45) is 4.99 Å². The molecule has 0 heterocycles. The Hall–Kier alpha value is -2.13. The number of nitrogens with zero attached hydrogens (tertiary/aromatic N) is 1. The minimum absolute atomic E-state index is 0.226. The second-order valence-electron chi connectivity index (χ2n) is 6.03. The lowest BCUT2D eigenvalue weighted by Crippen LogP contribution is -2.57. The van der Waals surface area contributed by atoms with Crippen molar-refractivity contribution in [1.29, 1.82) is 0 Å². The quantitative estimate of drug-likeness (QED) is 0.365. The Balaban J connectivity index is 3.35. The Morgan fingerprint density at radius 3 is 2.00 bits per heavy atom. The van der Waals surface area contributed by atoms with Crippen LogP contribution in [-0.4, -0.2) is 41.8 Å². The van der Waals surface area contributed by atoms with Gasteiger partial charge in [0.2, 0.25) is 0 Å². The van der Waals surface area contributed by atoms with Crippen molar-refractivity contribution in [3.8, 4) is 0 Å². The number of alkyl halides is 7. The molecular formula is C17H18F7NO2. The molecule has 10 heteroatoms. The molecule has 152 valence electrons. The smallest absolute Gasteiger partial charge is 0.459 e. The maximum absolute atomic E-state index is 14.2. The Kier molecular flexibility index (Phi) is 7.01. The maximum atomic E-state index is 14.2. The van der Waals surface area contributed by atoms with Gasteiger partial charge in [0.15, 0.2) is 0 Å². The van der Waals surface area contributed by atoms with E-state index >= 15 is 0 Å². The molecule has 0 aliphatic heterocycles. The first-order valence-electron chi connectivity index (χ1n) is 7.81. The molecule has 0 saturated heterocycles. The van der Waals surface area contributed by atoms with Crippen LogP contribution in [0.15, 0.2) is 35.3 Å². The lowest BCUT2D eigenvalue weighted by Gasteiger charge is -2.32. The summed E-state index contributed by atoms with van der Waals surface area (Å²) in [5.74, 6) is -13.4. The predicted octanol–water partition coefficient (Wildman–Crippen LogP) is 5.04. The average molecular weight is 401 g/mol. The monoisotopic (exact) mass is 401 g/mol. The SMILES string of the molecule is CC(=N[C@H](CC(=O)OC(C)C)C(F)(F)C(F)(F)C(F)(F)F)c1ccccc1. The van der Waals surface area contributed by atoms with Gasteiger partial charge < -0.3 is 4.74 Å². The standard InChI is InChI=1S/C17H18F7NO2/c1-10(2)27-14(26)9-13(15(18,19)16(20,21)17(22,23)24)25-11(3)12-7-5-4-6-8-12/h4-8,10,13H,9H2,1-3H3/t13-/m1/s1. The van der Waals surface area contributed by atoms with Gasteiger partial charge in [0.1, 0.15) is 6.04 Å². The molecule has 0 N–H and O–H groups in total. The van der Waals surface area contributed by atoms with Gasteiger partial charge in [-0.25, -0.2) is 0 Å². The van der Waals surface area contributed by atoms with Crippen LogP contribution in [0.1, 0.15) is 32.8 Å². The third kappa shape index (κ3) is 5.43. The summed E-state index contributed by atoms with van der Waals surface area (Å²) in [5, 5.41) is 0. The number of carbonyl (C=O) groups is 1. The molecule has 1 aromatic rings. The predicted molar refractivity (Wildman–Crippen MR) is 84.2 cm³/mol. The van der Waals surface area contributed by atoms with Crippen molar-refractivity contribution in [2.75, 3.05) is 0 Å². The van der Waals surface area contributed by atoms with E-state index in [0.29, 0.717) is 0 Å². The molecular weight excluding hydrogens is 383 g/mol. The van der Waals surface area contributed by atoms with E-state index in [2.05, 4.69) is 9.73 Å². The summed E-state index contributed by atoms with van der Waals surface area (Å²) in [6, 6.07) is 4.42. The molecule has 3 nitrogen and oxygen atoms in total. The van der Waals surface area contributed by atoms with E-state index < -0.39 is 42.6 Å². The summed E-state index contributed by atoms with van der Waals surface area (Å²) in [7, 11) is 0. The molecule has 0 aromatic heterocycles. The zero-order valence-corrected chi connectivity index (χ0v) is 14.7. The third-order valence-electron chi connectivity index (χ3n) is 3.46. The molecule has 0 spiro atoms. The number of halogens is 7. The normalized spacial score (nSPS) is 15.0. The van der Waals surface area contributed by atoms with Crippen LogP contribution in [0.2, 0.25) is 0 Å². The maximum Gasteiger partial charge on any atom is 0.459 e. The Labute approximate surface area is 151 Å². The Morgan fingerprint density at radius 2 is 1.56 bits per heavy atom. The number of hydrogen-bond acceptors (Lipinski definition) is 3. The van der Waals surface area contributed by atoms with E-state index in [1.165, 1.54) is 38.1 Å². The number of ether oxygens (including phenoxy) is 1. The van der Waals surface area contributed by atoms with Crippen LogP contribution in [0.5, 0.6) is 0 Å². The second kappa shape index (κ2) is 8.26. The number of rotatable bonds is 7. The molecule has 0 radical (unpaired) electrons. The fraction of sp³-hybridized carbons (Fsp3) is 0.529. The summed E-state index contributed by atoms with van der Waals surface area (Å²) in [6.45, 7) is 3.90. The van der Waals surface area contributed by atoms with Crippen molar-refractivity contribution in [3.05, 3.63) is 35.9 Å². The highest BCUT2D eigenvalue weighted by atomic mass is 19.4. The average Bonchev–Trinajstić information content (AvgIpc) is 2.52. The van der Waals surface area contributed by atoms with Crippen LogP contribution in [0.25, 0.3) is 0 Å². The van der Waals surface area contributed by atoms with Crippen molar-refractivity contribution in [3.63, 3.8) is 0 Å². The minimum atomic E-state index is -6.52. The van der Waals surface area contributed by atoms with Gasteiger partial charge in [-0.2, -0.15) is 30.7 Å². The van der Waals surface area contributed by atoms with Crippen LogP contribution in [0.3, 0.4) is 0 Å². The number of benzene rings is 1. The van der Waals surface area contributed by atoms with Crippen molar-refractivity contribution in [1.82, 2.24) is 0 Å². The van der Waals surface area contributed by atoms with Crippen molar-refractivity contribution < 1.29 is 40.3 Å². The van der Waals surface area contributed by atoms with Gasteiger partial charge in [0.25, 0.3) is 0 Å². The summed E-state index contributed by atoms with van der Waals surface area (Å²) >= 11 is 0. The first kappa shape index (κ1) is 22.9. The van der Waals surface area contributed by atoms with E-state index in [0.717, 1.165) is 6.92 Å². The third-order valence-corrected chi connectivity index (χ3v) is 3.46. The summed E-state index contributed by atoms with van der Waals surface area (Å²) in [5.41, 5.74) is 0.00134. The van der Waals surface area contributed by atoms with Gasteiger partial charge in [-0.15, -0.1) is 0 Å². The molecule has 0 saturated carbocycles. The molecule has 0 amide bonds. The molecule has 0 fully saturated rings. The molecule has 1 rings (SSSR count). The molecule has 0 aliphatic rings. The van der Waals surface area contributed by atoms with E-state index in [4.69, 9.17) is 0 Å². The van der Waals surface area contributed by atoms with Gasteiger partial charge in [-0.3, -0.25) is 9.79 Å². The molecule has 0 bridgehead atoms. The lowest BCUT2D eigenvalue weighted by molar-refractivity contribution is -0.358. The van der Waals surface area contributed by atoms with Crippen LogP contribution >= 0.6 is 0 Å². The highest BCUT2D eigenvalue weighted by Gasteiger charge is 2.75. The van der Waals surface area contributed by atoms with Crippen LogP contribution in [0, 0.1) is 0 Å². The summed E-state index contributed by atoms with van der Waals surface area (Å²) in [6.07, 6.45) is -8.73. The van der Waals surface area contributed by atoms with Gasteiger partial charge >= 0.3 is 24.0 Å². The van der Waals surface area contributed by atoms with Crippen molar-refractivity contribution in [2.45, 2.75) is 57.4 Å². The topological polar surface area (TPSA) is 38.7 Å². The zero-order valence-electron chi connectivity index (χ0n) is 14.7.